The molecule has 9 aromatic rings. The first-order valence-corrected chi connectivity index (χ1v) is 15.0. The van der Waals surface area contributed by atoms with Crippen LogP contribution in [0.4, 0.5) is 0 Å². The van der Waals surface area contributed by atoms with Gasteiger partial charge in [0.25, 0.3) is 0 Å². The van der Waals surface area contributed by atoms with E-state index in [4.69, 9.17) is 9.97 Å². The molecule has 208 valence electrons. The van der Waals surface area contributed by atoms with Gasteiger partial charge < -0.3 is 4.57 Å². The van der Waals surface area contributed by atoms with Crippen LogP contribution in [0.5, 0.6) is 0 Å². The average Bonchev–Trinajstić information content (AvgIpc) is 3.44. The first-order valence-electron chi connectivity index (χ1n) is 15.0. The molecular weight excluding hydrogens is 548 g/mol. The van der Waals surface area contributed by atoms with E-state index in [2.05, 4.69) is 120 Å². The normalized spacial score (nSPS) is 11.5. The molecule has 0 radical (unpaired) electrons. The highest BCUT2D eigenvalue weighted by molar-refractivity contribution is 6.21. The lowest BCUT2D eigenvalue weighted by molar-refractivity contribution is 1.18. The molecule has 0 amide bonds. The van der Waals surface area contributed by atoms with Crippen LogP contribution >= 0.6 is 0 Å². The van der Waals surface area contributed by atoms with Gasteiger partial charge in [-0.15, -0.1) is 0 Å². The highest BCUT2D eigenvalue weighted by atomic mass is 15.0. The van der Waals surface area contributed by atoms with E-state index in [0.29, 0.717) is 5.56 Å². The zero-order valence-corrected chi connectivity index (χ0v) is 24.1. The number of aromatic nitrogens is 3. The second-order valence-electron chi connectivity index (χ2n) is 11.4. The first kappa shape index (κ1) is 25.2. The first-order chi connectivity index (χ1) is 22.3. The molecular formula is C41H24N4. The zero-order valence-electron chi connectivity index (χ0n) is 24.1. The molecule has 0 fully saturated rings. The fourth-order valence-corrected chi connectivity index (χ4v) is 6.75. The predicted molar refractivity (Wildman–Crippen MR) is 184 cm³/mol. The van der Waals surface area contributed by atoms with Crippen molar-refractivity contribution in [2.75, 3.05) is 0 Å². The van der Waals surface area contributed by atoms with E-state index in [0.717, 1.165) is 82.5 Å². The van der Waals surface area contributed by atoms with E-state index >= 15 is 0 Å². The molecule has 0 aliphatic carbocycles. The number of benzene rings is 6. The van der Waals surface area contributed by atoms with E-state index in [1.54, 1.807) is 0 Å². The van der Waals surface area contributed by atoms with Crippen LogP contribution in [0.15, 0.2) is 146 Å². The van der Waals surface area contributed by atoms with Crippen LogP contribution in [0.1, 0.15) is 5.56 Å². The molecule has 0 spiro atoms. The van der Waals surface area contributed by atoms with Crippen molar-refractivity contribution in [1.29, 1.82) is 5.26 Å². The van der Waals surface area contributed by atoms with Crippen LogP contribution in [-0.4, -0.2) is 14.5 Å². The fourth-order valence-electron chi connectivity index (χ4n) is 6.75. The molecule has 4 nitrogen and oxygen atoms in total. The molecule has 6 aromatic carbocycles. The average molecular weight is 573 g/mol. The Balaban J connectivity index is 1.31. The maximum absolute atomic E-state index is 9.70. The molecule has 0 saturated heterocycles. The van der Waals surface area contributed by atoms with Gasteiger partial charge in [-0.2, -0.15) is 5.26 Å². The number of hydrogen-bond acceptors (Lipinski definition) is 3. The van der Waals surface area contributed by atoms with E-state index in [1.807, 2.05) is 36.5 Å². The highest BCUT2D eigenvalue weighted by Crippen LogP contribution is 2.39. The van der Waals surface area contributed by atoms with E-state index in [9.17, 15) is 5.26 Å². The van der Waals surface area contributed by atoms with Crippen molar-refractivity contribution in [3.8, 4) is 34.1 Å². The van der Waals surface area contributed by atoms with Gasteiger partial charge in [-0.25, -0.2) is 4.98 Å². The quantitative estimate of drug-likeness (QED) is 0.198. The van der Waals surface area contributed by atoms with Crippen molar-refractivity contribution >= 4 is 54.4 Å². The van der Waals surface area contributed by atoms with Gasteiger partial charge in [0.1, 0.15) is 0 Å². The van der Waals surface area contributed by atoms with Crippen LogP contribution < -0.4 is 0 Å². The van der Waals surface area contributed by atoms with E-state index in [-0.39, 0.29) is 0 Å². The Morgan fingerprint density at radius 3 is 2.09 bits per heavy atom. The summed E-state index contributed by atoms with van der Waals surface area (Å²) in [5.41, 5.74) is 10.0. The van der Waals surface area contributed by atoms with Crippen LogP contribution in [0, 0.1) is 11.3 Å². The minimum atomic E-state index is 0.649. The van der Waals surface area contributed by atoms with Crippen LogP contribution in [0.2, 0.25) is 0 Å². The molecule has 0 aliphatic rings. The fraction of sp³-hybridized carbons (Fsp3) is 0. The molecule has 45 heavy (non-hydrogen) atoms. The number of para-hydroxylation sites is 1. The Morgan fingerprint density at radius 2 is 1.27 bits per heavy atom. The molecule has 0 saturated carbocycles. The van der Waals surface area contributed by atoms with Crippen molar-refractivity contribution < 1.29 is 0 Å². The second kappa shape index (κ2) is 9.87. The molecule has 4 heteroatoms. The van der Waals surface area contributed by atoms with E-state index < -0.39 is 0 Å². The molecule has 0 atom stereocenters. The summed E-state index contributed by atoms with van der Waals surface area (Å²) >= 11 is 0. The van der Waals surface area contributed by atoms with Gasteiger partial charge in [0.2, 0.25) is 0 Å². The third-order valence-corrected chi connectivity index (χ3v) is 8.82. The Labute approximate surface area is 259 Å². The SMILES string of the molecule is N#Cc1ccc2c(c1)c1cc(-c3ccc4c(c3)nc(-c3ccccc3)c3ccc5cccnc5c34)ccc1n2-c1ccccc1. The molecule has 0 N–H and O–H groups in total. The largest absolute Gasteiger partial charge is 0.309 e. The summed E-state index contributed by atoms with van der Waals surface area (Å²) in [4.78, 5) is 10.1. The highest BCUT2D eigenvalue weighted by Gasteiger charge is 2.17. The lowest BCUT2D eigenvalue weighted by atomic mass is 9.95. The number of pyridine rings is 2. The monoisotopic (exact) mass is 572 g/mol. The Kier molecular flexibility index (Phi) is 5.53. The number of nitrogens with zero attached hydrogens (tertiary/aromatic N) is 4. The number of fused-ring (bicyclic) bond motifs is 8. The van der Waals surface area contributed by atoms with E-state index in [1.165, 1.54) is 0 Å². The summed E-state index contributed by atoms with van der Waals surface area (Å²) in [5.74, 6) is 0. The molecule has 9 rings (SSSR count). The second-order valence-corrected chi connectivity index (χ2v) is 11.4. The standard InChI is InChI=1S/C41H24N4/c42-25-26-13-19-37-34(22-26)35-23-29(16-20-38(35)45(37)31-11-5-2-6-12-31)30-15-17-32-36(24-30)44-40(27-8-3-1-4-9-27)33-18-14-28-10-7-21-43-41(28)39(32)33/h1-24H. The smallest absolute Gasteiger partial charge is 0.0991 e. The minimum absolute atomic E-state index is 0.649. The molecule has 0 aliphatic heterocycles. The topological polar surface area (TPSA) is 54.5 Å². The maximum Gasteiger partial charge on any atom is 0.0991 e. The number of rotatable bonds is 3. The predicted octanol–water partition coefficient (Wildman–Crippen LogP) is 10.2. The van der Waals surface area contributed by atoms with Gasteiger partial charge >= 0.3 is 0 Å². The minimum Gasteiger partial charge on any atom is -0.309 e. The molecule has 3 heterocycles. The zero-order chi connectivity index (χ0) is 29.9. The lowest BCUT2D eigenvalue weighted by Crippen LogP contribution is -1.93. The molecule has 0 unspecified atom stereocenters. The molecule has 0 bridgehead atoms. The van der Waals surface area contributed by atoms with Gasteiger partial charge in [0.15, 0.2) is 0 Å². The summed E-state index contributed by atoms with van der Waals surface area (Å²) in [5, 5.41) is 16.3. The summed E-state index contributed by atoms with van der Waals surface area (Å²) in [7, 11) is 0. The Morgan fingerprint density at radius 1 is 0.556 bits per heavy atom. The van der Waals surface area contributed by atoms with Crippen molar-refractivity contribution in [2.24, 2.45) is 0 Å². The lowest BCUT2D eigenvalue weighted by Gasteiger charge is -2.13. The van der Waals surface area contributed by atoms with Gasteiger partial charge in [-0.3, -0.25) is 4.98 Å². The number of nitriles is 1. The summed E-state index contributed by atoms with van der Waals surface area (Å²) in [6.45, 7) is 0. The van der Waals surface area contributed by atoms with Crippen molar-refractivity contribution in [2.45, 2.75) is 0 Å². The van der Waals surface area contributed by atoms with Crippen molar-refractivity contribution in [1.82, 2.24) is 14.5 Å². The number of hydrogen-bond donors (Lipinski definition) is 0. The third-order valence-electron chi connectivity index (χ3n) is 8.82. The van der Waals surface area contributed by atoms with Gasteiger partial charge in [-0.1, -0.05) is 84.9 Å². The van der Waals surface area contributed by atoms with Crippen LogP contribution in [0.25, 0.3) is 82.5 Å². The van der Waals surface area contributed by atoms with Gasteiger partial charge in [-0.05, 0) is 65.7 Å². The van der Waals surface area contributed by atoms with Gasteiger partial charge in [0, 0.05) is 49.8 Å². The summed E-state index contributed by atoms with van der Waals surface area (Å²) in [6.07, 6.45) is 1.86. The van der Waals surface area contributed by atoms with Gasteiger partial charge in [0.05, 0.1) is 39.4 Å². The van der Waals surface area contributed by atoms with Crippen LogP contribution in [-0.2, 0) is 0 Å². The Bertz CT molecular complexity index is 2650. The van der Waals surface area contributed by atoms with Crippen LogP contribution in [0.3, 0.4) is 0 Å². The summed E-state index contributed by atoms with van der Waals surface area (Å²) in [6, 6.07) is 50.6. The Hall–Kier alpha value is -6.31. The molecule has 3 aromatic heterocycles. The van der Waals surface area contributed by atoms with Crippen molar-refractivity contribution in [3.63, 3.8) is 0 Å². The van der Waals surface area contributed by atoms with Crippen molar-refractivity contribution in [3.05, 3.63) is 151 Å². The third kappa shape index (κ3) is 3.92. The maximum atomic E-state index is 9.70. The summed E-state index contributed by atoms with van der Waals surface area (Å²) < 4.78 is 2.27.